The highest BCUT2D eigenvalue weighted by molar-refractivity contribution is 14.1. The molecular weight excluding hydrogens is 305 g/mol. The number of nitrogens with zero attached hydrogens (tertiary/aromatic N) is 1. The fraction of sp³-hybridized carbons (Fsp3) is 0.167. The van der Waals surface area contributed by atoms with E-state index in [1.54, 1.807) is 18.3 Å². The van der Waals surface area contributed by atoms with Gasteiger partial charge in [-0.05, 0) is 34.7 Å². The summed E-state index contributed by atoms with van der Waals surface area (Å²) in [5.41, 5.74) is 0. The second-order valence-corrected chi connectivity index (χ2v) is 5.04. The van der Waals surface area contributed by atoms with E-state index in [9.17, 15) is 8.42 Å². The molecule has 0 aliphatic rings. The fourth-order valence-corrected chi connectivity index (χ4v) is 1.44. The van der Waals surface area contributed by atoms with E-state index in [2.05, 4.69) is 37.0 Å². The zero-order valence-corrected chi connectivity index (χ0v) is 9.76. The van der Waals surface area contributed by atoms with E-state index < -0.39 is 10.2 Å². The van der Waals surface area contributed by atoms with Crippen LogP contribution in [0.15, 0.2) is 18.3 Å². The minimum atomic E-state index is -3.45. The third-order valence-electron chi connectivity index (χ3n) is 1.24. The Balaban J connectivity index is 2.82. The molecule has 5 nitrogen and oxygen atoms in total. The lowest BCUT2D eigenvalue weighted by atomic mass is 10.5. The van der Waals surface area contributed by atoms with Gasteiger partial charge in [-0.2, -0.15) is 8.42 Å². The summed E-state index contributed by atoms with van der Waals surface area (Å²) in [5.74, 6) is 0.301. The molecule has 0 amide bonds. The van der Waals surface area contributed by atoms with Gasteiger partial charge in [-0.3, -0.25) is 4.72 Å². The molecule has 7 heteroatoms. The van der Waals surface area contributed by atoms with Crippen molar-refractivity contribution >= 4 is 38.6 Å². The van der Waals surface area contributed by atoms with Crippen LogP contribution in [-0.4, -0.2) is 20.4 Å². The third kappa shape index (κ3) is 3.44. The molecule has 72 valence electrons. The number of hydrogen-bond acceptors (Lipinski definition) is 3. The van der Waals surface area contributed by atoms with Crippen molar-refractivity contribution in [2.45, 2.75) is 0 Å². The van der Waals surface area contributed by atoms with E-state index >= 15 is 0 Å². The molecule has 0 unspecified atom stereocenters. The molecule has 1 rings (SSSR count). The number of pyridine rings is 1. The van der Waals surface area contributed by atoms with Gasteiger partial charge in [0.25, 0.3) is 10.2 Å². The van der Waals surface area contributed by atoms with Crippen LogP contribution in [0, 0.1) is 3.57 Å². The first-order valence-electron chi connectivity index (χ1n) is 3.36. The Kier molecular flexibility index (Phi) is 3.45. The van der Waals surface area contributed by atoms with Crippen LogP contribution >= 0.6 is 22.6 Å². The minimum absolute atomic E-state index is 0.301. The highest BCUT2D eigenvalue weighted by atomic mass is 127. The molecule has 0 aromatic carbocycles. The molecule has 0 aliphatic heterocycles. The SMILES string of the molecule is CNS(=O)(=O)Nc1ccc(I)cn1. The van der Waals surface area contributed by atoms with Gasteiger partial charge in [0.1, 0.15) is 5.82 Å². The zero-order chi connectivity index (χ0) is 9.90. The molecule has 0 spiro atoms. The van der Waals surface area contributed by atoms with Crippen LogP contribution in [0.5, 0.6) is 0 Å². The van der Waals surface area contributed by atoms with E-state index in [0.29, 0.717) is 5.82 Å². The summed E-state index contributed by atoms with van der Waals surface area (Å²) in [4.78, 5) is 3.87. The summed E-state index contributed by atoms with van der Waals surface area (Å²) in [7, 11) is -2.12. The Bertz CT molecular complexity index is 375. The fourth-order valence-electron chi connectivity index (χ4n) is 0.625. The monoisotopic (exact) mass is 313 g/mol. The molecule has 2 N–H and O–H groups in total. The van der Waals surface area contributed by atoms with Crippen LogP contribution < -0.4 is 9.44 Å². The number of anilines is 1. The molecule has 1 aromatic rings. The predicted octanol–water partition coefficient (Wildman–Crippen LogP) is 0.562. The average molecular weight is 313 g/mol. The standard InChI is InChI=1S/C6H8IN3O2S/c1-8-13(11,12)10-6-3-2-5(7)4-9-6/h2-4,8H,1H3,(H,9,10). The quantitative estimate of drug-likeness (QED) is 0.801. The highest BCUT2D eigenvalue weighted by Crippen LogP contribution is 2.07. The first kappa shape index (κ1) is 10.7. The summed E-state index contributed by atoms with van der Waals surface area (Å²) < 4.78 is 27.3. The maximum atomic E-state index is 11.0. The molecular formula is C6H8IN3O2S. The van der Waals surface area contributed by atoms with Crippen molar-refractivity contribution in [3.63, 3.8) is 0 Å². The second kappa shape index (κ2) is 4.20. The summed E-state index contributed by atoms with van der Waals surface area (Å²) >= 11 is 2.09. The lowest BCUT2D eigenvalue weighted by molar-refractivity contribution is 0.593. The summed E-state index contributed by atoms with van der Waals surface area (Å²) in [5, 5.41) is 0. The van der Waals surface area contributed by atoms with E-state index in [4.69, 9.17) is 0 Å². The molecule has 0 aliphatic carbocycles. The zero-order valence-electron chi connectivity index (χ0n) is 6.78. The van der Waals surface area contributed by atoms with Gasteiger partial charge < -0.3 is 0 Å². The lowest BCUT2D eigenvalue weighted by Gasteiger charge is -2.04. The van der Waals surface area contributed by atoms with Crippen LogP contribution in [0.1, 0.15) is 0 Å². The molecule has 0 bridgehead atoms. The lowest BCUT2D eigenvalue weighted by Crippen LogP contribution is -2.26. The minimum Gasteiger partial charge on any atom is -0.255 e. The Morgan fingerprint density at radius 2 is 2.15 bits per heavy atom. The average Bonchev–Trinajstić information content (AvgIpc) is 2.09. The molecule has 1 aromatic heterocycles. The number of nitrogens with one attached hydrogen (secondary N) is 2. The number of aromatic nitrogens is 1. The first-order valence-corrected chi connectivity index (χ1v) is 5.92. The van der Waals surface area contributed by atoms with E-state index in [-0.39, 0.29) is 0 Å². The van der Waals surface area contributed by atoms with Crippen molar-refractivity contribution < 1.29 is 8.42 Å². The van der Waals surface area contributed by atoms with Crippen molar-refractivity contribution in [3.05, 3.63) is 21.9 Å². The highest BCUT2D eigenvalue weighted by Gasteiger charge is 2.05. The van der Waals surface area contributed by atoms with Crippen LogP contribution in [-0.2, 0) is 10.2 Å². The Hall–Kier alpha value is -0.410. The number of hydrogen-bond donors (Lipinski definition) is 2. The summed E-state index contributed by atoms with van der Waals surface area (Å²) in [6, 6.07) is 3.36. The Labute approximate surface area is 90.3 Å². The maximum Gasteiger partial charge on any atom is 0.300 e. The van der Waals surface area contributed by atoms with E-state index in [0.717, 1.165) is 3.57 Å². The normalized spacial score (nSPS) is 11.2. The van der Waals surface area contributed by atoms with Crippen molar-refractivity contribution in [3.8, 4) is 0 Å². The molecule has 1 heterocycles. The second-order valence-electron chi connectivity index (χ2n) is 2.17. The topological polar surface area (TPSA) is 71.1 Å². The van der Waals surface area contributed by atoms with Crippen LogP contribution in [0.3, 0.4) is 0 Å². The Morgan fingerprint density at radius 1 is 1.46 bits per heavy atom. The van der Waals surface area contributed by atoms with Crippen LogP contribution in [0.2, 0.25) is 0 Å². The Morgan fingerprint density at radius 3 is 2.62 bits per heavy atom. The van der Waals surface area contributed by atoms with E-state index in [1.807, 2.05) is 0 Å². The van der Waals surface area contributed by atoms with Crippen molar-refractivity contribution in [1.29, 1.82) is 0 Å². The smallest absolute Gasteiger partial charge is 0.255 e. The van der Waals surface area contributed by atoms with E-state index in [1.165, 1.54) is 7.05 Å². The van der Waals surface area contributed by atoms with Crippen molar-refractivity contribution in [1.82, 2.24) is 9.71 Å². The van der Waals surface area contributed by atoms with Gasteiger partial charge in [-0.1, -0.05) is 0 Å². The van der Waals surface area contributed by atoms with Gasteiger partial charge in [-0.15, -0.1) is 0 Å². The number of halogens is 1. The number of rotatable bonds is 3. The van der Waals surface area contributed by atoms with Gasteiger partial charge >= 0.3 is 0 Å². The summed E-state index contributed by atoms with van der Waals surface area (Å²) in [6.07, 6.45) is 1.58. The molecule has 0 radical (unpaired) electrons. The molecule has 0 atom stereocenters. The maximum absolute atomic E-state index is 11.0. The van der Waals surface area contributed by atoms with Gasteiger partial charge in [0.05, 0.1) is 0 Å². The molecule has 0 fully saturated rings. The van der Waals surface area contributed by atoms with Crippen molar-refractivity contribution in [2.75, 3.05) is 11.8 Å². The van der Waals surface area contributed by atoms with Gasteiger partial charge in [0, 0.05) is 16.8 Å². The molecule has 13 heavy (non-hydrogen) atoms. The predicted molar refractivity (Wildman–Crippen MR) is 58.6 cm³/mol. The largest absolute Gasteiger partial charge is 0.300 e. The first-order chi connectivity index (χ1) is 6.03. The van der Waals surface area contributed by atoms with Gasteiger partial charge in [-0.25, -0.2) is 9.71 Å². The molecule has 0 saturated heterocycles. The van der Waals surface area contributed by atoms with Crippen molar-refractivity contribution in [2.24, 2.45) is 0 Å². The molecule has 0 saturated carbocycles. The van der Waals surface area contributed by atoms with Crippen LogP contribution in [0.4, 0.5) is 5.82 Å². The van der Waals surface area contributed by atoms with Gasteiger partial charge in [0.15, 0.2) is 0 Å². The van der Waals surface area contributed by atoms with Gasteiger partial charge in [0.2, 0.25) is 0 Å². The summed E-state index contributed by atoms with van der Waals surface area (Å²) in [6.45, 7) is 0. The third-order valence-corrected chi connectivity index (χ3v) is 2.89. The van der Waals surface area contributed by atoms with Crippen LogP contribution in [0.25, 0.3) is 0 Å².